The largest absolute Gasteiger partial charge is 0.376 e. The summed E-state index contributed by atoms with van der Waals surface area (Å²) in [6.45, 7) is 4.24. The lowest BCUT2D eigenvalue weighted by molar-refractivity contribution is -0.114. The number of amides is 2. The van der Waals surface area contributed by atoms with Gasteiger partial charge in [0.15, 0.2) is 0 Å². The van der Waals surface area contributed by atoms with Gasteiger partial charge in [0.1, 0.15) is 0 Å². The van der Waals surface area contributed by atoms with Crippen LogP contribution in [-0.4, -0.2) is 25.4 Å². The van der Waals surface area contributed by atoms with Crippen LogP contribution in [0.1, 0.15) is 21.5 Å². The van der Waals surface area contributed by atoms with E-state index in [-0.39, 0.29) is 18.4 Å². The average Bonchev–Trinajstić information content (AvgIpc) is 2.55. The first-order chi connectivity index (χ1) is 11.0. The Morgan fingerprint density at radius 2 is 1.74 bits per heavy atom. The molecular weight excluding hydrogens is 290 g/mol. The Labute approximate surface area is 136 Å². The van der Waals surface area contributed by atoms with Gasteiger partial charge in [-0.2, -0.15) is 0 Å². The minimum atomic E-state index is -0.186. The highest BCUT2D eigenvalue weighted by Crippen LogP contribution is 2.14. The normalized spacial score (nSPS) is 10.0. The van der Waals surface area contributed by atoms with Crippen LogP contribution in [0.5, 0.6) is 0 Å². The molecule has 2 aromatic carbocycles. The fourth-order valence-electron chi connectivity index (χ4n) is 2.12. The second kappa shape index (κ2) is 7.45. The molecule has 0 aliphatic rings. The molecule has 0 bridgehead atoms. The summed E-state index contributed by atoms with van der Waals surface area (Å²) in [5.41, 5.74) is 4.40. The fourth-order valence-corrected chi connectivity index (χ4v) is 2.12. The molecule has 2 aromatic rings. The number of nitrogens with one attached hydrogen (secondary N) is 3. The lowest BCUT2D eigenvalue weighted by Gasteiger charge is -2.10. The first-order valence-corrected chi connectivity index (χ1v) is 7.42. The Kier molecular flexibility index (Phi) is 5.36. The van der Waals surface area contributed by atoms with Crippen molar-refractivity contribution in [2.75, 3.05) is 24.2 Å². The second-order valence-electron chi connectivity index (χ2n) is 5.36. The number of carbonyl (C=O) groups is 2. The number of rotatable bonds is 5. The Morgan fingerprint density at radius 1 is 0.957 bits per heavy atom. The van der Waals surface area contributed by atoms with Crippen molar-refractivity contribution in [1.29, 1.82) is 0 Å². The monoisotopic (exact) mass is 311 g/mol. The highest BCUT2D eigenvalue weighted by atomic mass is 16.2. The summed E-state index contributed by atoms with van der Waals surface area (Å²) in [5, 5.41) is 8.42. The first-order valence-electron chi connectivity index (χ1n) is 7.42. The smallest absolute Gasteiger partial charge is 0.251 e. The third kappa shape index (κ3) is 4.57. The molecule has 0 spiro atoms. The van der Waals surface area contributed by atoms with Gasteiger partial charge in [-0.05, 0) is 55.3 Å². The molecule has 0 aromatic heterocycles. The third-order valence-electron chi connectivity index (χ3n) is 3.60. The standard InChI is InChI=1S/C18H21N3O2/c1-12-7-8-15(9-13(12)2)20-11-17(22)21-16-6-4-5-14(10-16)18(23)19-3/h4-10,20H,11H2,1-3H3,(H,19,23)(H,21,22). The summed E-state index contributed by atoms with van der Waals surface area (Å²) in [6.07, 6.45) is 0. The molecule has 0 saturated heterocycles. The molecule has 0 fully saturated rings. The van der Waals surface area contributed by atoms with E-state index in [0.717, 1.165) is 5.69 Å². The van der Waals surface area contributed by atoms with Crippen LogP contribution in [0.3, 0.4) is 0 Å². The summed E-state index contributed by atoms with van der Waals surface area (Å²) in [6, 6.07) is 12.8. The maximum absolute atomic E-state index is 12.0. The Balaban J connectivity index is 1.94. The maximum Gasteiger partial charge on any atom is 0.251 e. The average molecular weight is 311 g/mol. The lowest BCUT2D eigenvalue weighted by Crippen LogP contribution is -2.22. The minimum Gasteiger partial charge on any atom is -0.376 e. The van der Waals surface area contributed by atoms with E-state index in [1.807, 2.05) is 32.0 Å². The van der Waals surface area contributed by atoms with Gasteiger partial charge in [0, 0.05) is 24.0 Å². The zero-order chi connectivity index (χ0) is 16.8. The quantitative estimate of drug-likeness (QED) is 0.795. The predicted molar refractivity (Wildman–Crippen MR) is 92.9 cm³/mol. The summed E-state index contributed by atoms with van der Waals surface area (Å²) >= 11 is 0. The van der Waals surface area contributed by atoms with Crippen LogP contribution in [0.25, 0.3) is 0 Å². The molecule has 0 aliphatic heterocycles. The van der Waals surface area contributed by atoms with Gasteiger partial charge >= 0.3 is 0 Å². The van der Waals surface area contributed by atoms with Crippen LogP contribution in [0, 0.1) is 13.8 Å². The molecule has 0 atom stereocenters. The van der Waals surface area contributed by atoms with Crippen molar-refractivity contribution in [2.24, 2.45) is 0 Å². The Morgan fingerprint density at radius 3 is 2.43 bits per heavy atom. The van der Waals surface area contributed by atoms with Crippen LogP contribution >= 0.6 is 0 Å². The predicted octanol–water partition coefficient (Wildman–Crippen LogP) is 2.71. The lowest BCUT2D eigenvalue weighted by atomic mass is 10.1. The van der Waals surface area contributed by atoms with E-state index < -0.39 is 0 Å². The highest BCUT2D eigenvalue weighted by Gasteiger charge is 2.06. The van der Waals surface area contributed by atoms with Crippen molar-refractivity contribution in [1.82, 2.24) is 5.32 Å². The zero-order valence-corrected chi connectivity index (χ0v) is 13.6. The van der Waals surface area contributed by atoms with Crippen LogP contribution in [0.4, 0.5) is 11.4 Å². The number of hydrogen-bond acceptors (Lipinski definition) is 3. The summed E-state index contributed by atoms with van der Waals surface area (Å²) in [4.78, 5) is 23.6. The maximum atomic E-state index is 12.0. The van der Waals surface area contributed by atoms with E-state index >= 15 is 0 Å². The van der Waals surface area contributed by atoms with E-state index in [4.69, 9.17) is 0 Å². The zero-order valence-electron chi connectivity index (χ0n) is 13.6. The third-order valence-corrected chi connectivity index (χ3v) is 3.60. The van der Waals surface area contributed by atoms with Crippen LogP contribution in [0.15, 0.2) is 42.5 Å². The molecule has 0 aliphatic carbocycles. The molecule has 3 N–H and O–H groups in total. The van der Waals surface area contributed by atoms with Crippen molar-refractivity contribution >= 4 is 23.2 Å². The molecule has 0 saturated carbocycles. The van der Waals surface area contributed by atoms with Gasteiger partial charge in [-0.25, -0.2) is 0 Å². The van der Waals surface area contributed by atoms with Crippen LogP contribution in [0.2, 0.25) is 0 Å². The van der Waals surface area contributed by atoms with Gasteiger partial charge in [0.2, 0.25) is 5.91 Å². The summed E-state index contributed by atoms with van der Waals surface area (Å²) in [5.74, 6) is -0.355. The number of anilines is 2. The molecule has 0 radical (unpaired) electrons. The van der Waals surface area contributed by atoms with E-state index in [1.165, 1.54) is 11.1 Å². The molecule has 120 valence electrons. The molecule has 2 rings (SSSR count). The Bertz CT molecular complexity index is 726. The van der Waals surface area contributed by atoms with Crippen molar-refractivity contribution in [3.05, 3.63) is 59.2 Å². The minimum absolute atomic E-state index is 0.159. The van der Waals surface area contributed by atoms with E-state index in [2.05, 4.69) is 16.0 Å². The summed E-state index contributed by atoms with van der Waals surface area (Å²) < 4.78 is 0. The topological polar surface area (TPSA) is 70.2 Å². The van der Waals surface area contributed by atoms with Gasteiger partial charge in [-0.3, -0.25) is 9.59 Å². The second-order valence-corrected chi connectivity index (χ2v) is 5.36. The molecule has 23 heavy (non-hydrogen) atoms. The molecule has 5 heteroatoms. The highest BCUT2D eigenvalue weighted by molar-refractivity contribution is 5.98. The van der Waals surface area contributed by atoms with Crippen molar-refractivity contribution in [2.45, 2.75) is 13.8 Å². The molecule has 0 unspecified atom stereocenters. The molecular formula is C18H21N3O2. The number of hydrogen-bond donors (Lipinski definition) is 3. The van der Waals surface area contributed by atoms with Crippen LogP contribution < -0.4 is 16.0 Å². The van der Waals surface area contributed by atoms with E-state index in [9.17, 15) is 9.59 Å². The number of benzene rings is 2. The SMILES string of the molecule is CNC(=O)c1cccc(NC(=O)CNc2ccc(C)c(C)c2)c1. The van der Waals surface area contributed by atoms with Gasteiger partial charge in [0.05, 0.1) is 6.54 Å². The van der Waals surface area contributed by atoms with Crippen molar-refractivity contribution < 1.29 is 9.59 Å². The van der Waals surface area contributed by atoms with Gasteiger partial charge in [-0.1, -0.05) is 12.1 Å². The van der Waals surface area contributed by atoms with Gasteiger partial charge in [0.25, 0.3) is 5.91 Å². The molecule has 2 amide bonds. The van der Waals surface area contributed by atoms with E-state index in [1.54, 1.807) is 31.3 Å². The fraction of sp³-hybridized carbons (Fsp3) is 0.222. The molecule has 5 nitrogen and oxygen atoms in total. The van der Waals surface area contributed by atoms with Crippen LogP contribution in [-0.2, 0) is 4.79 Å². The van der Waals surface area contributed by atoms with Crippen molar-refractivity contribution in [3.8, 4) is 0 Å². The van der Waals surface area contributed by atoms with E-state index in [0.29, 0.717) is 11.3 Å². The van der Waals surface area contributed by atoms with Gasteiger partial charge in [-0.15, -0.1) is 0 Å². The first kappa shape index (κ1) is 16.5. The number of aryl methyl sites for hydroxylation is 2. The Hall–Kier alpha value is -2.82. The number of carbonyl (C=O) groups excluding carboxylic acids is 2. The summed E-state index contributed by atoms with van der Waals surface area (Å²) in [7, 11) is 1.57. The molecule has 0 heterocycles. The van der Waals surface area contributed by atoms with Gasteiger partial charge < -0.3 is 16.0 Å². The van der Waals surface area contributed by atoms with Crippen molar-refractivity contribution in [3.63, 3.8) is 0 Å².